The molecule has 1 amide bonds. The summed E-state index contributed by atoms with van der Waals surface area (Å²) in [7, 11) is 0. The van der Waals surface area contributed by atoms with Gasteiger partial charge in [0.2, 0.25) is 11.8 Å². The van der Waals surface area contributed by atoms with Crippen LogP contribution in [-0.4, -0.2) is 63.1 Å². The van der Waals surface area contributed by atoms with Crippen molar-refractivity contribution in [1.82, 2.24) is 25.4 Å². The number of carbonyl (C=O) groups excluding carboxylic acids is 1. The van der Waals surface area contributed by atoms with Crippen molar-refractivity contribution in [3.05, 3.63) is 106 Å². The first-order chi connectivity index (χ1) is 26.0. The molecule has 2 saturated heterocycles. The van der Waals surface area contributed by atoms with Gasteiger partial charge in [-0.05, 0) is 79.8 Å². The van der Waals surface area contributed by atoms with E-state index in [4.69, 9.17) is 26.1 Å². The van der Waals surface area contributed by atoms with E-state index in [2.05, 4.69) is 21.2 Å². The second-order valence-electron chi connectivity index (χ2n) is 14.2. The molecule has 1 aliphatic carbocycles. The number of aliphatic hydroxyl groups is 1. The Hall–Kier alpha value is -4.60. The summed E-state index contributed by atoms with van der Waals surface area (Å²) >= 11 is 5.83. The highest BCUT2D eigenvalue weighted by molar-refractivity contribution is 6.30. The summed E-state index contributed by atoms with van der Waals surface area (Å²) in [5.41, 5.74) is 7.89. The molecule has 1 saturated carbocycles. The first kappa shape index (κ1) is 36.4. The highest BCUT2D eigenvalue weighted by atomic mass is 35.5. The number of benzene rings is 3. The van der Waals surface area contributed by atoms with Crippen LogP contribution in [0.25, 0.3) is 22.3 Å². The Morgan fingerprint density at radius 1 is 1.00 bits per heavy atom. The predicted molar refractivity (Wildman–Crippen MR) is 193 cm³/mol. The van der Waals surface area contributed by atoms with Crippen molar-refractivity contribution < 1.29 is 36.9 Å². The molecule has 6 unspecified atom stereocenters. The van der Waals surface area contributed by atoms with Gasteiger partial charge in [-0.3, -0.25) is 15.6 Å². The maximum absolute atomic E-state index is 15.8. The van der Waals surface area contributed by atoms with Gasteiger partial charge in [0.05, 0.1) is 42.0 Å². The Balaban J connectivity index is 1.04. The van der Waals surface area contributed by atoms with E-state index in [1.54, 1.807) is 28.8 Å². The van der Waals surface area contributed by atoms with Crippen LogP contribution in [0.5, 0.6) is 5.88 Å². The number of anilines is 1. The number of hydrazine groups is 1. The summed E-state index contributed by atoms with van der Waals surface area (Å²) in [5.74, 6) is -2.36. The number of alkyl halides is 1. The van der Waals surface area contributed by atoms with Crippen LogP contribution in [0.2, 0.25) is 5.02 Å². The number of aromatic nitrogens is 3. The average molecular weight is 765 g/mol. The number of aliphatic hydroxyl groups excluding tert-OH is 1. The number of hydrogen-bond donors (Lipinski definition) is 4. The summed E-state index contributed by atoms with van der Waals surface area (Å²) in [6, 6.07) is 15.2. The molecule has 54 heavy (non-hydrogen) atoms. The van der Waals surface area contributed by atoms with E-state index < -0.39 is 41.7 Å². The minimum absolute atomic E-state index is 0.0156. The van der Waals surface area contributed by atoms with Crippen LogP contribution in [0.15, 0.2) is 66.7 Å². The third-order valence-corrected chi connectivity index (χ3v) is 10.9. The molecule has 10 nitrogen and oxygen atoms in total. The molecule has 3 aromatic carbocycles. The van der Waals surface area contributed by atoms with Crippen molar-refractivity contribution in [2.24, 2.45) is 11.8 Å². The molecule has 2 aromatic heterocycles. The molecule has 4 N–H and O–H groups in total. The lowest BCUT2D eigenvalue weighted by atomic mass is 9.75. The Morgan fingerprint density at radius 3 is 2.63 bits per heavy atom. The largest absolute Gasteiger partial charge is 0.473 e. The fourth-order valence-electron chi connectivity index (χ4n) is 7.79. The molecule has 0 radical (unpaired) electrons. The number of ether oxygens (including phenoxy) is 2. The van der Waals surface area contributed by atoms with E-state index in [0.717, 1.165) is 12.1 Å². The SMILES string of the molecule is CC1NNC2C(F)CC(C(=O)Nc3ccc4c(c3)nc(Cc3cc(F)c(-c5cccc(OCc6ccc(Cl)cc6F)n5)cc3F)n4C3COC[C@H]3O)CC12. The van der Waals surface area contributed by atoms with Gasteiger partial charge in [-0.15, -0.1) is 0 Å². The van der Waals surface area contributed by atoms with Crippen molar-refractivity contribution in [3.63, 3.8) is 0 Å². The molecule has 8 rings (SSSR count). The van der Waals surface area contributed by atoms with Crippen molar-refractivity contribution in [3.8, 4) is 17.1 Å². The monoisotopic (exact) mass is 764 g/mol. The summed E-state index contributed by atoms with van der Waals surface area (Å²) in [6.45, 7) is 2.10. The highest BCUT2D eigenvalue weighted by Crippen LogP contribution is 2.37. The zero-order valence-electron chi connectivity index (χ0n) is 29.0. The van der Waals surface area contributed by atoms with Crippen LogP contribution in [0, 0.1) is 29.3 Å². The number of carbonyl (C=O) groups is 1. The maximum atomic E-state index is 15.8. The first-order valence-corrected chi connectivity index (χ1v) is 18.1. The molecule has 4 heterocycles. The second kappa shape index (κ2) is 14.9. The molecule has 3 fully saturated rings. The Kier molecular flexibility index (Phi) is 10.0. The van der Waals surface area contributed by atoms with Crippen molar-refractivity contribution in [2.75, 3.05) is 18.5 Å². The number of fused-ring (bicyclic) bond motifs is 2. The molecular weight excluding hydrogens is 728 g/mol. The van der Waals surface area contributed by atoms with Crippen molar-refractivity contribution in [2.45, 2.75) is 63.2 Å². The second-order valence-corrected chi connectivity index (χ2v) is 14.6. The molecule has 7 atom stereocenters. The summed E-state index contributed by atoms with van der Waals surface area (Å²) < 4.78 is 73.7. The third kappa shape index (κ3) is 7.16. The number of nitrogens with zero attached hydrogens (tertiary/aromatic N) is 3. The lowest BCUT2D eigenvalue weighted by Gasteiger charge is -2.34. The van der Waals surface area contributed by atoms with Crippen LogP contribution in [0.3, 0.4) is 0 Å². The summed E-state index contributed by atoms with van der Waals surface area (Å²) in [6.07, 6.45) is -1.51. The Morgan fingerprint density at radius 2 is 1.83 bits per heavy atom. The molecule has 282 valence electrons. The van der Waals surface area contributed by atoms with E-state index >= 15 is 8.78 Å². The fourth-order valence-corrected chi connectivity index (χ4v) is 7.95. The molecular formula is C39H37ClF4N6O4. The molecule has 3 aliphatic rings. The average Bonchev–Trinajstić information content (AvgIpc) is 3.85. The third-order valence-electron chi connectivity index (χ3n) is 10.7. The van der Waals surface area contributed by atoms with Crippen LogP contribution >= 0.6 is 11.6 Å². The van der Waals surface area contributed by atoms with Gasteiger partial charge < -0.3 is 24.5 Å². The van der Waals surface area contributed by atoms with E-state index in [1.807, 2.05) is 6.92 Å². The number of halogens is 5. The van der Waals surface area contributed by atoms with E-state index in [0.29, 0.717) is 29.0 Å². The van der Waals surface area contributed by atoms with Crippen LogP contribution in [0.4, 0.5) is 23.2 Å². The topological polar surface area (TPSA) is 123 Å². The van der Waals surface area contributed by atoms with Crippen LogP contribution in [-0.2, 0) is 22.6 Å². The molecule has 15 heteroatoms. The van der Waals surface area contributed by atoms with Gasteiger partial charge in [-0.25, -0.2) is 27.5 Å². The van der Waals surface area contributed by atoms with Crippen LogP contribution in [0.1, 0.15) is 42.8 Å². The zero-order chi connectivity index (χ0) is 37.7. The van der Waals surface area contributed by atoms with Gasteiger partial charge in [0.25, 0.3) is 0 Å². The number of rotatable bonds is 9. The van der Waals surface area contributed by atoms with Gasteiger partial charge in [0, 0.05) is 46.3 Å². The Labute approximate surface area is 312 Å². The molecule has 0 bridgehead atoms. The molecule has 5 aromatic rings. The zero-order valence-corrected chi connectivity index (χ0v) is 29.8. The highest BCUT2D eigenvalue weighted by Gasteiger charge is 2.46. The number of hydrogen-bond acceptors (Lipinski definition) is 8. The van der Waals surface area contributed by atoms with Crippen LogP contribution < -0.4 is 20.9 Å². The van der Waals surface area contributed by atoms with E-state index in [1.165, 1.54) is 30.3 Å². The number of imidazole rings is 1. The Bertz CT molecular complexity index is 2220. The minimum atomic E-state index is -1.16. The predicted octanol–water partition coefficient (Wildman–Crippen LogP) is 6.44. The van der Waals surface area contributed by atoms with E-state index in [-0.39, 0.29) is 89.9 Å². The van der Waals surface area contributed by atoms with Gasteiger partial charge in [-0.2, -0.15) is 0 Å². The van der Waals surface area contributed by atoms with Crippen molar-refractivity contribution >= 4 is 34.2 Å². The van der Waals surface area contributed by atoms with Gasteiger partial charge in [0.15, 0.2) is 0 Å². The fraction of sp³-hybridized carbons (Fsp3) is 0.359. The van der Waals surface area contributed by atoms with Crippen molar-refractivity contribution in [1.29, 1.82) is 0 Å². The smallest absolute Gasteiger partial charge is 0.227 e. The number of amides is 1. The van der Waals surface area contributed by atoms with Gasteiger partial charge >= 0.3 is 0 Å². The van der Waals surface area contributed by atoms with Gasteiger partial charge in [-0.1, -0.05) is 23.7 Å². The maximum Gasteiger partial charge on any atom is 0.227 e. The first-order valence-electron chi connectivity index (χ1n) is 17.8. The minimum Gasteiger partial charge on any atom is -0.473 e. The summed E-state index contributed by atoms with van der Waals surface area (Å²) in [5, 5.41) is 14.0. The number of pyridine rings is 1. The lowest BCUT2D eigenvalue weighted by molar-refractivity contribution is -0.122. The molecule has 0 spiro atoms. The standard InChI is InChI=1S/C39H37ClF4N6O4/c1-19-25-9-22(11-30(44)38(25)49-48-19)39(52)45-24-7-8-33-32(14-24)46-36(50(33)34-17-53-18-35(34)51)12-21-10-29(43)26(15-28(21)42)31-3-2-4-37(47-31)54-16-20-5-6-23(40)13-27(20)41/h2-8,10,13-15,19,22,25,30,34-35,38,48-49,51H,9,11-12,16-18H2,1H3,(H,45,52)/t19?,22?,25?,30?,34?,35-,38?/m1/s1. The summed E-state index contributed by atoms with van der Waals surface area (Å²) in [4.78, 5) is 22.4. The van der Waals surface area contributed by atoms with Gasteiger partial charge in [0.1, 0.15) is 42.2 Å². The normalized spacial score (nSPS) is 25.2. The number of nitrogens with one attached hydrogen (secondary N) is 3. The van der Waals surface area contributed by atoms with E-state index in [9.17, 15) is 18.7 Å². The lowest BCUT2D eigenvalue weighted by Crippen LogP contribution is -2.46. The molecule has 2 aliphatic heterocycles. The quantitative estimate of drug-likeness (QED) is 0.127.